The van der Waals surface area contributed by atoms with Crippen LogP contribution in [0.3, 0.4) is 0 Å². The van der Waals surface area contributed by atoms with Gasteiger partial charge in [-0.15, -0.1) is 0 Å². The molecule has 0 unspecified atom stereocenters. The van der Waals surface area contributed by atoms with Gasteiger partial charge < -0.3 is 4.74 Å². The molecule has 1 radical (unpaired) electrons. The lowest BCUT2D eigenvalue weighted by molar-refractivity contribution is 0.358. The Kier molecular flexibility index (Phi) is 2.92. The molecule has 1 nitrogen and oxygen atoms in total. The molecule has 0 heterocycles. The first-order valence-corrected chi connectivity index (χ1v) is 3.96. The Morgan fingerprint density at radius 2 is 2.00 bits per heavy atom. The molecule has 0 atom stereocenters. The highest BCUT2D eigenvalue weighted by Crippen LogP contribution is 2.21. The van der Waals surface area contributed by atoms with E-state index in [9.17, 15) is 0 Å². The molecule has 0 saturated carbocycles. The summed E-state index contributed by atoms with van der Waals surface area (Å²) in [7, 11) is 0. The third-order valence-electron chi connectivity index (χ3n) is 1.66. The summed E-state index contributed by atoms with van der Waals surface area (Å²) in [4.78, 5) is 0. The second-order valence-corrected chi connectivity index (χ2v) is 2.75. The van der Waals surface area contributed by atoms with Gasteiger partial charge in [0.2, 0.25) is 0 Å². The highest BCUT2D eigenvalue weighted by atomic mass is 16.5. The van der Waals surface area contributed by atoms with E-state index in [2.05, 4.69) is 12.6 Å². The lowest BCUT2D eigenvalue weighted by Crippen LogP contribution is -1.96. The Morgan fingerprint density at radius 3 is 2.50 bits per heavy atom. The quantitative estimate of drug-likeness (QED) is 0.619. The maximum absolute atomic E-state index is 5.48. The lowest BCUT2D eigenvalue weighted by atomic mass is 10.1. The van der Waals surface area contributed by atoms with Crippen molar-refractivity contribution in [2.75, 3.05) is 6.61 Å². The fraction of sp³-hybridized carbons (Fsp3) is 0.273. The summed E-state index contributed by atoms with van der Waals surface area (Å²) in [6.45, 7) is 8.20. The van der Waals surface area contributed by atoms with Crippen LogP contribution in [0.25, 0.3) is 0 Å². The van der Waals surface area contributed by atoms with Crippen molar-refractivity contribution in [1.29, 1.82) is 0 Å². The van der Waals surface area contributed by atoms with Crippen LogP contribution in [0.4, 0.5) is 0 Å². The SMILES string of the molecule is C=CCOc1c(C)c[c]cc1C. The smallest absolute Gasteiger partial charge is 0.125 e. The molecule has 0 spiro atoms. The molecule has 1 aromatic carbocycles. The van der Waals surface area contributed by atoms with Gasteiger partial charge in [-0.2, -0.15) is 0 Å². The van der Waals surface area contributed by atoms with E-state index in [0.29, 0.717) is 6.61 Å². The van der Waals surface area contributed by atoms with Crippen LogP contribution in [0.2, 0.25) is 0 Å². The number of hydrogen-bond acceptors (Lipinski definition) is 1. The first-order valence-electron chi connectivity index (χ1n) is 3.96. The molecule has 0 aromatic heterocycles. The maximum Gasteiger partial charge on any atom is 0.125 e. The van der Waals surface area contributed by atoms with Gasteiger partial charge in [0, 0.05) is 0 Å². The highest BCUT2D eigenvalue weighted by molar-refractivity contribution is 5.39. The molecule has 0 aliphatic rings. The largest absolute Gasteiger partial charge is 0.489 e. The topological polar surface area (TPSA) is 9.23 Å². The van der Waals surface area contributed by atoms with Gasteiger partial charge in [0.15, 0.2) is 0 Å². The van der Waals surface area contributed by atoms with Crippen molar-refractivity contribution < 1.29 is 4.74 Å². The standard InChI is InChI=1S/C11H13O/c1-4-8-12-11-9(2)6-5-7-10(11)3/h4,6-7H,1,8H2,2-3H3. The molecule has 1 rings (SSSR count). The number of ether oxygens (including phenoxy) is 1. The summed E-state index contributed by atoms with van der Waals surface area (Å²) in [5.41, 5.74) is 2.24. The Hall–Kier alpha value is -1.24. The summed E-state index contributed by atoms with van der Waals surface area (Å²) in [6, 6.07) is 6.88. The summed E-state index contributed by atoms with van der Waals surface area (Å²) < 4.78 is 5.48. The molecule has 0 aliphatic heterocycles. The van der Waals surface area contributed by atoms with Gasteiger partial charge in [0.25, 0.3) is 0 Å². The Morgan fingerprint density at radius 1 is 1.42 bits per heavy atom. The first kappa shape index (κ1) is 8.85. The van der Waals surface area contributed by atoms with E-state index in [-0.39, 0.29) is 0 Å². The molecule has 0 saturated heterocycles. The number of benzene rings is 1. The summed E-state index contributed by atoms with van der Waals surface area (Å²) in [6.07, 6.45) is 1.75. The van der Waals surface area contributed by atoms with E-state index in [1.807, 2.05) is 26.0 Å². The normalized spacial score (nSPS) is 9.50. The first-order chi connectivity index (χ1) is 5.75. The molecule has 0 aliphatic carbocycles. The fourth-order valence-corrected chi connectivity index (χ4v) is 1.10. The minimum atomic E-state index is 0.561. The Labute approximate surface area is 73.7 Å². The van der Waals surface area contributed by atoms with Crippen LogP contribution in [0.15, 0.2) is 24.8 Å². The zero-order valence-electron chi connectivity index (χ0n) is 7.55. The van der Waals surface area contributed by atoms with E-state index in [1.54, 1.807) is 6.08 Å². The van der Waals surface area contributed by atoms with E-state index >= 15 is 0 Å². The third-order valence-corrected chi connectivity index (χ3v) is 1.66. The molecular weight excluding hydrogens is 148 g/mol. The molecule has 12 heavy (non-hydrogen) atoms. The number of aryl methyl sites for hydroxylation is 2. The van der Waals surface area contributed by atoms with Crippen molar-refractivity contribution in [3.8, 4) is 5.75 Å². The fourth-order valence-electron chi connectivity index (χ4n) is 1.10. The average molecular weight is 161 g/mol. The van der Waals surface area contributed by atoms with E-state index in [4.69, 9.17) is 4.74 Å². The van der Waals surface area contributed by atoms with Gasteiger partial charge in [-0.3, -0.25) is 0 Å². The van der Waals surface area contributed by atoms with Crippen molar-refractivity contribution in [2.45, 2.75) is 13.8 Å². The molecule has 1 heteroatoms. The zero-order valence-corrected chi connectivity index (χ0v) is 7.55. The average Bonchev–Trinajstić information content (AvgIpc) is 2.04. The zero-order chi connectivity index (χ0) is 8.97. The van der Waals surface area contributed by atoms with Gasteiger partial charge in [0.1, 0.15) is 12.4 Å². The monoisotopic (exact) mass is 161 g/mol. The summed E-state index contributed by atoms with van der Waals surface area (Å²) >= 11 is 0. The summed E-state index contributed by atoms with van der Waals surface area (Å²) in [5.74, 6) is 0.952. The minimum absolute atomic E-state index is 0.561. The number of rotatable bonds is 3. The van der Waals surface area contributed by atoms with Crippen molar-refractivity contribution in [3.63, 3.8) is 0 Å². The molecule has 63 valence electrons. The molecule has 1 aromatic rings. The van der Waals surface area contributed by atoms with Crippen LogP contribution in [0, 0.1) is 19.9 Å². The highest BCUT2D eigenvalue weighted by Gasteiger charge is 2.00. The van der Waals surface area contributed by atoms with Crippen LogP contribution >= 0.6 is 0 Å². The third kappa shape index (κ3) is 1.88. The van der Waals surface area contributed by atoms with Gasteiger partial charge >= 0.3 is 0 Å². The lowest BCUT2D eigenvalue weighted by Gasteiger charge is -2.09. The Balaban J connectivity index is 2.88. The van der Waals surface area contributed by atoms with Crippen LogP contribution in [0.1, 0.15) is 11.1 Å². The van der Waals surface area contributed by atoms with Crippen LogP contribution in [-0.4, -0.2) is 6.61 Å². The molecule has 0 bridgehead atoms. The van der Waals surface area contributed by atoms with Crippen molar-refractivity contribution in [1.82, 2.24) is 0 Å². The van der Waals surface area contributed by atoms with Crippen molar-refractivity contribution in [2.24, 2.45) is 0 Å². The minimum Gasteiger partial charge on any atom is -0.489 e. The van der Waals surface area contributed by atoms with Gasteiger partial charge in [0.05, 0.1) is 0 Å². The predicted molar refractivity (Wildman–Crippen MR) is 50.4 cm³/mol. The van der Waals surface area contributed by atoms with E-state index in [0.717, 1.165) is 16.9 Å². The number of hydrogen-bond donors (Lipinski definition) is 0. The van der Waals surface area contributed by atoms with Crippen LogP contribution < -0.4 is 4.74 Å². The maximum atomic E-state index is 5.48. The van der Waals surface area contributed by atoms with Crippen molar-refractivity contribution in [3.05, 3.63) is 42.0 Å². The van der Waals surface area contributed by atoms with E-state index < -0.39 is 0 Å². The van der Waals surface area contributed by atoms with Crippen molar-refractivity contribution >= 4 is 0 Å². The van der Waals surface area contributed by atoms with Crippen LogP contribution in [0.5, 0.6) is 5.75 Å². The van der Waals surface area contributed by atoms with E-state index in [1.165, 1.54) is 0 Å². The second-order valence-electron chi connectivity index (χ2n) is 2.75. The molecule has 0 amide bonds. The molecular formula is C11H13O. The van der Waals surface area contributed by atoms with Gasteiger partial charge in [-0.1, -0.05) is 12.7 Å². The van der Waals surface area contributed by atoms with Crippen LogP contribution in [-0.2, 0) is 0 Å². The summed E-state index contributed by atoms with van der Waals surface area (Å²) in [5, 5.41) is 0. The second kappa shape index (κ2) is 3.96. The predicted octanol–water partition coefficient (Wildman–Crippen LogP) is 2.67. The molecule has 0 fully saturated rings. The molecule has 0 N–H and O–H groups in total. The van der Waals surface area contributed by atoms with Gasteiger partial charge in [-0.05, 0) is 43.2 Å². The van der Waals surface area contributed by atoms with Gasteiger partial charge in [-0.25, -0.2) is 0 Å². The Bertz CT molecular complexity index is 256.